The molecule has 55 heavy (non-hydrogen) atoms. The molecule has 1 unspecified atom stereocenters. The van der Waals surface area contributed by atoms with Crippen LogP contribution in [0.2, 0.25) is 0 Å². The summed E-state index contributed by atoms with van der Waals surface area (Å²) in [4.78, 5) is 19.9. The first-order chi connectivity index (χ1) is 26.2. The number of carbonyl (C=O) groups excluding carboxylic acids is 1. The van der Waals surface area contributed by atoms with Crippen LogP contribution in [0.5, 0.6) is 11.5 Å². The number of benzene rings is 4. The van der Waals surface area contributed by atoms with Crippen molar-refractivity contribution in [1.29, 1.82) is 0 Å². The van der Waals surface area contributed by atoms with E-state index in [9.17, 15) is 4.79 Å². The van der Waals surface area contributed by atoms with Crippen molar-refractivity contribution in [2.45, 2.75) is 98.5 Å². The summed E-state index contributed by atoms with van der Waals surface area (Å²) >= 11 is -2.01. The number of amides is 1. The summed E-state index contributed by atoms with van der Waals surface area (Å²) in [5.41, 5.74) is 10.9. The number of hydrogen-bond donors (Lipinski definition) is 0. The molecule has 1 amide bonds. The molecule has 2 aliphatic rings. The molecule has 2 heterocycles. The SMILES string of the molecule is CC(C)c1cccc(C(C)C)c1N1[CH-]N(c2c(C(C)C)cccc2C(C)C)CC1.CCC1CN(C(=O)c2ccc(OC)cc2)c2cccc([CH]=[Ru]([Cl])[Cl])c2O1. The molecule has 298 valence electrons. The number of ether oxygens (including phenoxy) is 2. The third-order valence-corrected chi connectivity index (χ3v) is 12.2. The van der Waals surface area contributed by atoms with E-state index in [2.05, 4.69) is 108 Å². The van der Waals surface area contributed by atoms with Gasteiger partial charge in [0.05, 0.1) is 0 Å². The quantitative estimate of drug-likeness (QED) is 0.117. The maximum atomic E-state index is 13.1. The van der Waals surface area contributed by atoms with E-state index in [1.165, 1.54) is 33.6 Å². The van der Waals surface area contributed by atoms with Gasteiger partial charge in [0.15, 0.2) is 0 Å². The molecule has 0 radical (unpaired) electrons. The molecule has 1 saturated heterocycles. The van der Waals surface area contributed by atoms with Crippen molar-refractivity contribution in [2.75, 3.05) is 41.4 Å². The Labute approximate surface area is 343 Å². The Hall–Kier alpha value is -3.38. The van der Waals surface area contributed by atoms with Gasteiger partial charge < -0.3 is 9.80 Å². The van der Waals surface area contributed by atoms with Gasteiger partial charge in [-0.25, -0.2) is 0 Å². The van der Waals surface area contributed by atoms with Gasteiger partial charge in [0.2, 0.25) is 0 Å². The molecule has 6 rings (SSSR count). The van der Waals surface area contributed by atoms with E-state index in [1.807, 2.05) is 29.7 Å². The third kappa shape index (κ3) is 9.96. The molecule has 6 nitrogen and oxygen atoms in total. The molecular weight excluding hydrogens is 814 g/mol. The normalized spacial score (nSPS) is 15.6. The van der Waals surface area contributed by atoms with Gasteiger partial charge in [0, 0.05) is 24.5 Å². The van der Waals surface area contributed by atoms with Crippen LogP contribution < -0.4 is 24.2 Å². The van der Waals surface area contributed by atoms with Crippen LogP contribution in [0.1, 0.15) is 131 Å². The summed E-state index contributed by atoms with van der Waals surface area (Å²) in [5, 5.41) is 0. The molecule has 1 atom stereocenters. The van der Waals surface area contributed by atoms with Crippen LogP contribution in [0.25, 0.3) is 0 Å². The van der Waals surface area contributed by atoms with Gasteiger partial charge >= 0.3 is 166 Å². The van der Waals surface area contributed by atoms with E-state index >= 15 is 0 Å². The van der Waals surface area contributed by atoms with Crippen LogP contribution >= 0.6 is 19.4 Å². The van der Waals surface area contributed by atoms with E-state index < -0.39 is 13.5 Å². The van der Waals surface area contributed by atoms with Crippen LogP contribution in [-0.4, -0.2) is 43.4 Å². The van der Waals surface area contributed by atoms with Gasteiger partial charge in [-0.15, -0.1) is 0 Å². The fourth-order valence-electron chi connectivity index (χ4n) is 7.37. The second-order valence-corrected chi connectivity index (χ2v) is 21.2. The zero-order chi connectivity index (χ0) is 40.0. The van der Waals surface area contributed by atoms with E-state index in [4.69, 9.17) is 28.9 Å². The van der Waals surface area contributed by atoms with E-state index in [-0.39, 0.29) is 12.0 Å². The molecule has 0 spiro atoms. The molecule has 4 aromatic carbocycles. The predicted octanol–water partition coefficient (Wildman–Crippen LogP) is 12.2. The van der Waals surface area contributed by atoms with Crippen LogP contribution in [-0.2, 0) is 13.5 Å². The number of halogens is 2. The number of nitrogens with zero attached hydrogens (tertiary/aromatic N) is 3. The fraction of sp³-hybridized carbons (Fsp3) is 0.413. The molecule has 1 fully saturated rings. The van der Waals surface area contributed by atoms with Gasteiger partial charge in [-0.1, -0.05) is 91.8 Å². The van der Waals surface area contributed by atoms with Gasteiger partial charge in [-0.2, -0.15) is 6.67 Å². The number of methoxy groups -OCH3 is 1. The summed E-state index contributed by atoms with van der Waals surface area (Å²) in [5.74, 6) is 3.38. The summed E-state index contributed by atoms with van der Waals surface area (Å²) in [6.07, 6.45) is 0.717. The molecule has 4 aromatic rings. The van der Waals surface area contributed by atoms with Gasteiger partial charge in [-0.05, 0) is 45.9 Å². The number of carbonyl (C=O) groups is 1. The summed E-state index contributed by atoms with van der Waals surface area (Å²) in [7, 11) is 13.7. The number of hydrogen-bond acceptors (Lipinski definition) is 5. The second-order valence-electron chi connectivity index (χ2n) is 15.5. The van der Waals surface area contributed by atoms with Crippen molar-refractivity contribution < 1.29 is 27.8 Å². The summed E-state index contributed by atoms with van der Waals surface area (Å²) in [6, 6.07) is 26.5. The van der Waals surface area contributed by atoms with Gasteiger partial charge in [-0.3, -0.25) is 0 Å². The molecule has 0 aromatic heterocycles. The average molecular weight is 873 g/mol. The predicted molar refractivity (Wildman–Crippen MR) is 231 cm³/mol. The third-order valence-electron chi connectivity index (χ3n) is 10.3. The van der Waals surface area contributed by atoms with Gasteiger partial charge in [0.25, 0.3) is 0 Å². The molecule has 2 aliphatic heterocycles. The van der Waals surface area contributed by atoms with Crippen LogP contribution in [0.4, 0.5) is 17.1 Å². The van der Waals surface area contributed by atoms with E-state index in [0.717, 1.165) is 30.8 Å². The minimum atomic E-state index is -2.01. The average Bonchev–Trinajstić information content (AvgIpc) is 3.66. The zero-order valence-corrected chi connectivity index (χ0v) is 37.3. The molecule has 0 saturated carbocycles. The number of para-hydroxylation sites is 3. The number of anilines is 3. The zero-order valence-electron chi connectivity index (χ0n) is 34.1. The Morgan fingerprint density at radius 1 is 0.782 bits per heavy atom. The molecule has 0 N–H and O–H groups in total. The summed E-state index contributed by atoms with van der Waals surface area (Å²) in [6.45, 7) is 25.4. The standard InChI is InChI=1S/C27H39N2.C19H19NO3.2ClH.Ru/c1-18(2)22-11-9-12-23(19(3)4)26(22)28-15-16-29(17-28)27-24(20(5)6)13-10-14-25(27)21(7)8;1-4-15-12-20(17-7-5-6-13(2)18(17)23-15)19(21)14-8-10-16(22-3)11-9-14;;;/h9-14,17-21H,15-16H2,1-8H3;2,5-11,15H,4,12H2,1,3H3;2*1H;/q-1;;;;+2/p-2. The van der Waals surface area contributed by atoms with Crippen molar-refractivity contribution in [3.63, 3.8) is 0 Å². The van der Waals surface area contributed by atoms with Crippen molar-refractivity contribution >= 4 is 47.0 Å². The second kappa shape index (κ2) is 19.2. The number of rotatable bonds is 10. The molecule has 9 heteroatoms. The van der Waals surface area contributed by atoms with Crippen LogP contribution in [0.15, 0.2) is 78.9 Å². The molecular formula is C46H58Cl2N3O3Ru-. The van der Waals surface area contributed by atoms with Crippen LogP contribution in [0.3, 0.4) is 0 Å². The first-order valence-electron chi connectivity index (χ1n) is 19.5. The maximum absolute atomic E-state index is 13.1. The van der Waals surface area contributed by atoms with Crippen molar-refractivity contribution in [2.24, 2.45) is 0 Å². The van der Waals surface area contributed by atoms with Crippen LogP contribution in [0, 0.1) is 6.67 Å². The Kier molecular flexibility index (Phi) is 14.9. The van der Waals surface area contributed by atoms with Crippen molar-refractivity contribution in [3.8, 4) is 11.5 Å². The van der Waals surface area contributed by atoms with E-state index in [0.29, 0.717) is 47.3 Å². The van der Waals surface area contributed by atoms with Crippen molar-refractivity contribution in [1.82, 2.24) is 0 Å². The van der Waals surface area contributed by atoms with Crippen molar-refractivity contribution in [3.05, 3.63) is 119 Å². The Morgan fingerprint density at radius 3 is 1.67 bits per heavy atom. The Bertz CT molecular complexity index is 1830. The summed E-state index contributed by atoms with van der Waals surface area (Å²) < 4.78 is 13.1. The fourth-order valence-corrected chi connectivity index (χ4v) is 9.16. The first-order valence-corrected chi connectivity index (χ1v) is 25.0. The Balaban J connectivity index is 0.000000212. The topological polar surface area (TPSA) is 45.2 Å². The van der Waals surface area contributed by atoms with E-state index in [1.54, 1.807) is 36.3 Å². The first kappa shape index (κ1) is 42.8. The monoisotopic (exact) mass is 872 g/mol. The molecule has 0 bridgehead atoms. The Morgan fingerprint density at radius 2 is 1.25 bits per heavy atom. The molecule has 0 aliphatic carbocycles. The number of fused-ring (bicyclic) bond motifs is 1. The minimum absolute atomic E-state index is 0.0706. The van der Waals surface area contributed by atoms with Gasteiger partial charge in [0.1, 0.15) is 0 Å².